The third kappa shape index (κ3) is 3.46. The molecule has 0 radical (unpaired) electrons. The van der Waals surface area contributed by atoms with E-state index in [1.54, 1.807) is 24.3 Å². The van der Waals surface area contributed by atoms with Gasteiger partial charge in [-0.25, -0.2) is 0 Å². The minimum atomic E-state index is -1.09. The van der Waals surface area contributed by atoms with E-state index in [1.165, 1.54) is 21.3 Å². The monoisotopic (exact) mass is 346 g/mol. The van der Waals surface area contributed by atoms with E-state index in [-0.39, 0.29) is 0 Å². The Morgan fingerprint density at radius 1 is 0.920 bits per heavy atom. The van der Waals surface area contributed by atoms with Crippen molar-refractivity contribution in [3.8, 4) is 6.07 Å². The summed E-state index contributed by atoms with van der Waals surface area (Å²) in [6.45, 7) is 0. The fourth-order valence-electron chi connectivity index (χ4n) is 3.06. The molecule has 0 aliphatic carbocycles. The highest BCUT2D eigenvalue weighted by Crippen LogP contribution is 2.39. The molecule has 0 saturated carbocycles. The largest absolute Gasteiger partial charge is 0.469 e. The van der Waals surface area contributed by atoms with Gasteiger partial charge in [0.15, 0.2) is 0 Å². The van der Waals surface area contributed by atoms with Crippen molar-refractivity contribution < 1.29 is 28.6 Å². The summed E-state index contributed by atoms with van der Waals surface area (Å²) in [5.41, 5.74) is 1.08. The second-order valence-corrected chi connectivity index (χ2v) is 5.48. The van der Waals surface area contributed by atoms with Gasteiger partial charge < -0.3 is 14.2 Å². The Kier molecular flexibility index (Phi) is 5.72. The second kappa shape index (κ2) is 7.77. The van der Waals surface area contributed by atoms with Crippen LogP contribution in [0.1, 0.15) is 17.2 Å². The van der Waals surface area contributed by atoms with Gasteiger partial charge in [0.1, 0.15) is 6.04 Å². The van der Waals surface area contributed by atoms with Crippen molar-refractivity contribution in [2.24, 2.45) is 11.8 Å². The van der Waals surface area contributed by atoms with E-state index >= 15 is 0 Å². The third-order valence-corrected chi connectivity index (χ3v) is 4.26. The maximum absolute atomic E-state index is 12.3. The number of hydrogen-bond donors (Lipinski definition) is 1. The molecule has 1 aliphatic rings. The first-order valence-corrected chi connectivity index (χ1v) is 7.48. The molecule has 0 unspecified atom stereocenters. The van der Waals surface area contributed by atoms with E-state index in [9.17, 15) is 14.4 Å². The van der Waals surface area contributed by atoms with Gasteiger partial charge in [-0.3, -0.25) is 19.7 Å². The number of nitriles is 1. The van der Waals surface area contributed by atoms with E-state index in [4.69, 9.17) is 19.5 Å². The predicted molar refractivity (Wildman–Crippen MR) is 83.8 cm³/mol. The fraction of sp³-hybridized carbons (Fsp3) is 0.412. The van der Waals surface area contributed by atoms with Gasteiger partial charge in [-0.1, -0.05) is 12.1 Å². The first-order chi connectivity index (χ1) is 12.0. The summed E-state index contributed by atoms with van der Waals surface area (Å²) in [6.07, 6.45) is 0. The molecule has 132 valence electrons. The van der Waals surface area contributed by atoms with Gasteiger partial charge in [-0.2, -0.15) is 5.26 Å². The van der Waals surface area contributed by atoms with Crippen LogP contribution in [0.4, 0.5) is 0 Å². The van der Waals surface area contributed by atoms with Gasteiger partial charge in [-0.05, 0) is 17.7 Å². The SMILES string of the molecule is COC(=O)[C@@H]1[C@H](C(=O)OC)[C@H](c2ccc(C#N)cc2)N[C@@H]1C(=O)OC. The van der Waals surface area contributed by atoms with Crippen LogP contribution >= 0.6 is 0 Å². The molecule has 1 heterocycles. The summed E-state index contributed by atoms with van der Waals surface area (Å²) in [6, 6.07) is 6.76. The van der Waals surface area contributed by atoms with E-state index < -0.39 is 41.8 Å². The second-order valence-electron chi connectivity index (χ2n) is 5.48. The minimum absolute atomic E-state index is 0.449. The number of nitrogens with one attached hydrogen (secondary N) is 1. The van der Waals surface area contributed by atoms with Crippen molar-refractivity contribution in [3.63, 3.8) is 0 Å². The lowest BCUT2D eigenvalue weighted by molar-refractivity contribution is -0.159. The summed E-state index contributed by atoms with van der Waals surface area (Å²) in [5, 5.41) is 11.9. The number of carbonyl (C=O) groups is 3. The summed E-state index contributed by atoms with van der Waals surface area (Å²) in [7, 11) is 3.58. The van der Waals surface area contributed by atoms with Crippen molar-refractivity contribution in [3.05, 3.63) is 35.4 Å². The molecule has 2 rings (SSSR count). The average Bonchev–Trinajstić information content (AvgIpc) is 3.06. The van der Waals surface area contributed by atoms with Crippen molar-refractivity contribution in [2.45, 2.75) is 12.1 Å². The van der Waals surface area contributed by atoms with Crippen molar-refractivity contribution in [1.82, 2.24) is 5.32 Å². The predicted octanol–water partition coefficient (Wildman–Crippen LogP) is 0.323. The number of esters is 3. The molecule has 25 heavy (non-hydrogen) atoms. The first-order valence-electron chi connectivity index (χ1n) is 7.48. The Balaban J connectivity index is 2.49. The third-order valence-electron chi connectivity index (χ3n) is 4.26. The molecule has 1 aliphatic heterocycles. The minimum Gasteiger partial charge on any atom is -0.469 e. The Morgan fingerprint density at radius 2 is 1.44 bits per heavy atom. The van der Waals surface area contributed by atoms with Gasteiger partial charge in [0.05, 0.1) is 44.8 Å². The van der Waals surface area contributed by atoms with Crippen LogP contribution in [0.5, 0.6) is 0 Å². The summed E-state index contributed by atoms with van der Waals surface area (Å²) >= 11 is 0. The lowest BCUT2D eigenvalue weighted by Gasteiger charge is -2.21. The summed E-state index contributed by atoms with van der Waals surface area (Å²) in [5.74, 6) is -4.11. The lowest BCUT2D eigenvalue weighted by atomic mass is 9.84. The molecular formula is C17H18N2O6. The Morgan fingerprint density at radius 3 is 1.92 bits per heavy atom. The molecule has 1 aromatic carbocycles. The number of nitrogens with zero attached hydrogens (tertiary/aromatic N) is 1. The number of benzene rings is 1. The van der Waals surface area contributed by atoms with E-state index in [1.807, 2.05) is 6.07 Å². The molecule has 1 fully saturated rings. The number of rotatable bonds is 4. The molecule has 0 amide bonds. The normalized spacial score (nSPS) is 24.9. The van der Waals surface area contributed by atoms with Crippen LogP contribution in [0.15, 0.2) is 24.3 Å². The smallest absolute Gasteiger partial charge is 0.323 e. The zero-order chi connectivity index (χ0) is 18.6. The molecule has 8 heteroatoms. The first kappa shape index (κ1) is 18.4. The van der Waals surface area contributed by atoms with E-state index in [2.05, 4.69) is 5.32 Å². The van der Waals surface area contributed by atoms with Gasteiger partial charge in [0.25, 0.3) is 0 Å². The number of methoxy groups -OCH3 is 3. The number of ether oxygens (including phenoxy) is 3. The molecule has 0 bridgehead atoms. The summed E-state index contributed by atoms with van der Waals surface area (Å²) < 4.78 is 14.3. The highest BCUT2D eigenvalue weighted by molar-refractivity contribution is 5.91. The lowest BCUT2D eigenvalue weighted by Crippen LogP contribution is -2.42. The van der Waals surface area contributed by atoms with E-state index in [0.717, 1.165) is 0 Å². The van der Waals surface area contributed by atoms with Gasteiger partial charge in [0, 0.05) is 6.04 Å². The molecule has 0 spiro atoms. The van der Waals surface area contributed by atoms with Crippen molar-refractivity contribution in [2.75, 3.05) is 21.3 Å². The van der Waals surface area contributed by atoms with Gasteiger partial charge >= 0.3 is 17.9 Å². The fourth-order valence-corrected chi connectivity index (χ4v) is 3.06. The topological polar surface area (TPSA) is 115 Å². The van der Waals surface area contributed by atoms with Crippen LogP contribution in [-0.4, -0.2) is 45.3 Å². The quantitative estimate of drug-likeness (QED) is 0.612. The maximum Gasteiger partial charge on any atom is 0.323 e. The molecular weight excluding hydrogens is 328 g/mol. The Labute approximate surface area is 144 Å². The standard InChI is InChI=1S/C17H18N2O6/c1-23-15(20)11-12(16(21)24-2)14(17(22)25-3)19-13(11)10-6-4-9(8-18)5-7-10/h4-7,11-14,19H,1-3H3/t11-,12+,13-,14-/m0/s1. The summed E-state index contributed by atoms with van der Waals surface area (Å²) in [4.78, 5) is 36.7. The number of hydrogen-bond acceptors (Lipinski definition) is 8. The van der Waals surface area contributed by atoms with Crippen LogP contribution in [0.2, 0.25) is 0 Å². The van der Waals surface area contributed by atoms with Crippen molar-refractivity contribution >= 4 is 17.9 Å². The molecule has 4 atom stereocenters. The van der Waals surface area contributed by atoms with Crippen LogP contribution in [-0.2, 0) is 28.6 Å². The Bertz CT molecular complexity index is 709. The maximum atomic E-state index is 12.3. The molecule has 1 saturated heterocycles. The van der Waals surface area contributed by atoms with E-state index in [0.29, 0.717) is 11.1 Å². The highest BCUT2D eigenvalue weighted by Gasteiger charge is 2.55. The number of carbonyl (C=O) groups excluding carboxylic acids is 3. The van der Waals surface area contributed by atoms with Crippen LogP contribution < -0.4 is 5.32 Å². The van der Waals surface area contributed by atoms with Crippen LogP contribution in [0.25, 0.3) is 0 Å². The highest BCUT2D eigenvalue weighted by atomic mass is 16.5. The van der Waals surface area contributed by atoms with Crippen LogP contribution in [0, 0.1) is 23.2 Å². The van der Waals surface area contributed by atoms with Crippen LogP contribution in [0.3, 0.4) is 0 Å². The van der Waals surface area contributed by atoms with Gasteiger partial charge in [-0.15, -0.1) is 0 Å². The Hall–Kier alpha value is -2.92. The molecule has 8 nitrogen and oxygen atoms in total. The average molecular weight is 346 g/mol. The zero-order valence-corrected chi connectivity index (χ0v) is 14.0. The van der Waals surface area contributed by atoms with Gasteiger partial charge in [0.2, 0.25) is 0 Å². The molecule has 0 aromatic heterocycles. The molecule has 1 aromatic rings. The molecule has 1 N–H and O–H groups in total. The van der Waals surface area contributed by atoms with Crippen molar-refractivity contribution in [1.29, 1.82) is 5.26 Å². The zero-order valence-electron chi connectivity index (χ0n) is 14.0.